The molecule has 0 aliphatic carbocycles. The van der Waals surface area contributed by atoms with Crippen LogP contribution in [0.4, 0.5) is 11.5 Å². The first kappa shape index (κ1) is 14.3. The highest BCUT2D eigenvalue weighted by atomic mass is 32.2. The van der Waals surface area contributed by atoms with Crippen LogP contribution in [0.3, 0.4) is 0 Å². The molecule has 1 aromatic carbocycles. The topological polar surface area (TPSA) is 62.3 Å². The fraction of sp³-hybridized carbons (Fsp3) is 0.214. The number of anilines is 2. The quantitative estimate of drug-likeness (QED) is 0.938. The molecule has 6 heteroatoms. The number of hydrogen-bond acceptors (Lipinski definition) is 4. The molecule has 0 amide bonds. The van der Waals surface area contributed by atoms with E-state index in [4.69, 9.17) is 0 Å². The van der Waals surface area contributed by atoms with Gasteiger partial charge >= 0.3 is 0 Å². The summed E-state index contributed by atoms with van der Waals surface area (Å²) in [6.07, 6.45) is 1.55. The number of aryl methyl sites for hydroxylation is 1. The van der Waals surface area contributed by atoms with Crippen molar-refractivity contribution in [1.29, 1.82) is 0 Å². The van der Waals surface area contributed by atoms with Gasteiger partial charge in [-0.1, -0.05) is 18.2 Å². The van der Waals surface area contributed by atoms with Crippen LogP contribution in [0.25, 0.3) is 0 Å². The van der Waals surface area contributed by atoms with Gasteiger partial charge in [-0.3, -0.25) is 4.31 Å². The van der Waals surface area contributed by atoms with Crippen LogP contribution in [0.1, 0.15) is 5.56 Å². The minimum absolute atomic E-state index is 0.160. The molecule has 0 aliphatic rings. The van der Waals surface area contributed by atoms with Crippen molar-refractivity contribution in [2.24, 2.45) is 0 Å². The molecule has 2 rings (SSSR count). The second-order valence-electron chi connectivity index (χ2n) is 4.36. The van der Waals surface area contributed by atoms with E-state index < -0.39 is 10.0 Å². The normalized spacial score (nSPS) is 11.2. The zero-order valence-electron chi connectivity index (χ0n) is 11.7. The van der Waals surface area contributed by atoms with Gasteiger partial charge < -0.3 is 5.32 Å². The largest absolute Gasteiger partial charge is 0.372 e. The minimum Gasteiger partial charge on any atom is -0.372 e. The van der Waals surface area contributed by atoms with E-state index in [0.29, 0.717) is 11.5 Å². The molecule has 20 heavy (non-hydrogen) atoms. The second kappa shape index (κ2) is 5.50. The molecule has 0 aliphatic heterocycles. The number of para-hydroxylation sites is 1. The van der Waals surface area contributed by atoms with Gasteiger partial charge in [0.25, 0.3) is 10.0 Å². The number of pyridine rings is 1. The van der Waals surface area contributed by atoms with Gasteiger partial charge in [0, 0.05) is 20.3 Å². The summed E-state index contributed by atoms with van der Waals surface area (Å²) in [4.78, 5) is 4.21. The summed E-state index contributed by atoms with van der Waals surface area (Å²) < 4.78 is 26.7. The highest BCUT2D eigenvalue weighted by Gasteiger charge is 2.25. The third kappa shape index (κ3) is 2.46. The fourth-order valence-corrected chi connectivity index (χ4v) is 3.39. The molecule has 0 fully saturated rings. The van der Waals surface area contributed by atoms with Crippen molar-refractivity contribution in [3.05, 3.63) is 48.2 Å². The number of hydrogen-bond donors (Lipinski definition) is 1. The Morgan fingerprint density at radius 3 is 2.50 bits per heavy atom. The fourth-order valence-electron chi connectivity index (χ4n) is 1.98. The predicted molar refractivity (Wildman–Crippen MR) is 80.6 cm³/mol. The molecule has 1 N–H and O–H groups in total. The Morgan fingerprint density at radius 1 is 1.15 bits per heavy atom. The molecule has 106 valence electrons. The summed E-state index contributed by atoms with van der Waals surface area (Å²) in [5, 5.41) is 2.81. The molecule has 5 nitrogen and oxygen atoms in total. The molecule has 0 atom stereocenters. The van der Waals surface area contributed by atoms with Crippen LogP contribution in [-0.2, 0) is 10.0 Å². The van der Waals surface area contributed by atoms with Crippen molar-refractivity contribution in [3.63, 3.8) is 0 Å². The van der Waals surface area contributed by atoms with E-state index in [-0.39, 0.29) is 4.90 Å². The average molecular weight is 291 g/mol. The number of sulfonamides is 1. The van der Waals surface area contributed by atoms with Crippen molar-refractivity contribution >= 4 is 21.5 Å². The molecule has 0 unspecified atom stereocenters. The number of nitrogens with one attached hydrogen (secondary N) is 1. The Labute approximate surface area is 119 Å². The molecule has 2 aromatic rings. The van der Waals surface area contributed by atoms with Gasteiger partial charge in [-0.25, -0.2) is 13.4 Å². The van der Waals surface area contributed by atoms with Gasteiger partial charge in [-0.05, 0) is 30.7 Å². The van der Waals surface area contributed by atoms with E-state index in [1.807, 2.05) is 25.1 Å². The summed E-state index contributed by atoms with van der Waals surface area (Å²) in [6.45, 7) is 1.88. The van der Waals surface area contributed by atoms with E-state index >= 15 is 0 Å². The molecular formula is C14H17N3O2S. The van der Waals surface area contributed by atoms with Crippen molar-refractivity contribution in [1.82, 2.24) is 4.98 Å². The zero-order valence-corrected chi connectivity index (χ0v) is 12.5. The number of aromatic nitrogens is 1. The lowest BCUT2D eigenvalue weighted by Crippen LogP contribution is -2.28. The van der Waals surface area contributed by atoms with Gasteiger partial charge in [0.1, 0.15) is 10.7 Å². The van der Waals surface area contributed by atoms with Gasteiger partial charge in [0.05, 0.1) is 5.69 Å². The van der Waals surface area contributed by atoms with Crippen molar-refractivity contribution in [2.75, 3.05) is 23.7 Å². The Kier molecular flexibility index (Phi) is 3.94. The van der Waals surface area contributed by atoms with Crippen molar-refractivity contribution in [2.45, 2.75) is 11.8 Å². The first-order valence-corrected chi connectivity index (χ1v) is 7.60. The van der Waals surface area contributed by atoms with E-state index in [1.165, 1.54) is 4.31 Å². The Morgan fingerprint density at radius 2 is 1.85 bits per heavy atom. The lowest BCUT2D eigenvalue weighted by molar-refractivity contribution is 0.594. The Bertz CT molecular complexity index is 714. The maximum Gasteiger partial charge on any atom is 0.267 e. The van der Waals surface area contributed by atoms with Crippen molar-refractivity contribution in [3.8, 4) is 0 Å². The second-order valence-corrected chi connectivity index (χ2v) is 6.30. The van der Waals surface area contributed by atoms with Crippen LogP contribution in [0.15, 0.2) is 47.5 Å². The summed E-state index contributed by atoms with van der Waals surface area (Å²) in [6, 6.07) is 10.5. The summed E-state index contributed by atoms with van der Waals surface area (Å²) >= 11 is 0. The predicted octanol–water partition coefficient (Wildman–Crippen LogP) is 2.26. The first-order valence-electron chi connectivity index (χ1n) is 6.16. The molecule has 0 saturated carbocycles. The highest BCUT2D eigenvalue weighted by Crippen LogP contribution is 2.27. The number of benzene rings is 1. The van der Waals surface area contributed by atoms with E-state index in [1.54, 1.807) is 38.5 Å². The maximum atomic E-state index is 12.7. The molecule has 0 bridgehead atoms. The lowest BCUT2D eigenvalue weighted by atomic mass is 10.2. The SMILES string of the molecule is CNc1ncccc1S(=O)(=O)N(C)c1ccccc1C. The number of rotatable bonds is 4. The van der Waals surface area contributed by atoms with Crippen LogP contribution in [0.5, 0.6) is 0 Å². The number of nitrogens with zero attached hydrogens (tertiary/aromatic N) is 2. The van der Waals surface area contributed by atoms with E-state index in [2.05, 4.69) is 10.3 Å². The minimum atomic E-state index is -3.65. The lowest BCUT2D eigenvalue weighted by Gasteiger charge is -2.22. The van der Waals surface area contributed by atoms with Gasteiger partial charge in [0.2, 0.25) is 0 Å². The zero-order chi connectivity index (χ0) is 14.8. The van der Waals surface area contributed by atoms with Gasteiger partial charge in [-0.2, -0.15) is 0 Å². The highest BCUT2D eigenvalue weighted by molar-refractivity contribution is 7.93. The summed E-state index contributed by atoms with van der Waals surface area (Å²) in [5.41, 5.74) is 1.55. The first-order chi connectivity index (χ1) is 9.48. The Balaban J connectivity index is 2.53. The van der Waals surface area contributed by atoms with E-state index in [0.717, 1.165) is 5.56 Å². The van der Waals surface area contributed by atoms with Crippen LogP contribution >= 0.6 is 0 Å². The molecule has 1 aromatic heterocycles. The molecule has 0 radical (unpaired) electrons. The average Bonchev–Trinajstić information content (AvgIpc) is 2.47. The van der Waals surface area contributed by atoms with Crippen LogP contribution in [0, 0.1) is 6.92 Å². The van der Waals surface area contributed by atoms with Crippen LogP contribution < -0.4 is 9.62 Å². The monoisotopic (exact) mass is 291 g/mol. The van der Waals surface area contributed by atoms with Gasteiger partial charge in [-0.15, -0.1) is 0 Å². The molecular weight excluding hydrogens is 274 g/mol. The van der Waals surface area contributed by atoms with Gasteiger partial charge in [0.15, 0.2) is 0 Å². The Hall–Kier alpha value is -2.08. The summed E-state index contributed by atoms with van der Waals surface area (Å²) in [5.74, 6) is 0.341. The standard InChI is InChI=1S/C14H17N3O2S/c1-11-7-4-5-8-12(11)17(3)20(18,19)13-9-6-10-16-14(13)15-2/h4-10H,1-3H3,(H,15,16). The van der Waals surface area contributed by atoms with Crippen LogP contribution in [-0.4, -0.2) is 27.5 Å². The summed E-state index contributed by atoms with van der Waals surface area (Å²) in [7, 11) is -0.455. The molecule has 0 spiro atoms. The molecule has 0 saturated heterocycles. The maximum absolute atomic E-state index is 12.7. The smallest absolute Gasteiger partial charge is 0.267 e. The van der Waals surface area contributed by atoms with E-state index in [9.17, 15) is 8.42 Å². The third-order valence-electron chi connectivity index (χ3n) is 3.10. The third-order valence-corrected chi connectivity index (χ3v) is 4.90. The molecule has 1 heterocycles. The van der Waals surface area contributed by atoms with Crippen LogP contribution in [0.2, 0.25) is 0 Å². The van der Waals surface area contributed by atoms with Crippen molar-refractivity contribution < 1.29 is 8.42 Å².